The molecule has 0 saturated heterocycles. The molecule has 0 atom stereocenters. The minimum Gasteiger partial charge on any atom is -0.318 e. The molecule has 0 aliphatic rings. The van der Waals surface area contributed by atoms with Crippen LogP contribution in [0.4, 0.5) is 0 Å². The van der Waals surface area contributed by atoms with Gasteiger partial charge in [-0.3, -0.25) is 0 Å². The topological polar surface area (TPSA) is 12.0 Å². The first-order valence-corrected chi connectivity index (χ1v) is 7.20. The highest BCUT2D eigenvalue weighted by Crippen LogP contribution is 1.93. The fourth-order valence-corrected chi connectivity index (χ4v) is 0. The zero-order valence-electron chi connectivity index (χ0n) is 14.6. The monoisotopic (exact) mass is 247 g/mol. The van der Waals surface area contributed by atoms with Crippen molar-refractivity contribution in [3.05, 3.63) is 12.7 Å². The van der Waals surface area contributed by atoms with Crippen molar-refractivity contribution in [1.82, 2.24) is 5.32 Å². The molecule has 0 saturated carbocycles. The Morgan fingerprint density at radius 2 is 1.12 bits per heavy atom. The molecule has 0 aromatic rings. The molecule has 1 nitrogen and oxygen atoms in total. The fraction of sp³-hybridized carbons (Fsp3) is 0.875. The second-order valence-corrected chi connectivity index (χ2v) is 3.65. The van der Waals surface area contributed by atoms with Gasteiger partial charge >= 0.3 is 0 Å². The zero-order chi connectivity index (χ0) is 15.3. The predicted molar refractivity (Wildman–Crippen MR) is 87.9 cm³/mol. The Hall–Kier alpha value is -0.300. The minimum atomic E-state index is 0.634. The Morgan fingerprint density at radius 1 is 1.00 bits per heavy atom. The van der Waals surface area contributed by atoms with Crippen molar-refractivity contribution < 1.29 is 0 Å². The zero-order valence-corrected chi connectivity index (χ0v) is 14.6. The van der Waals surface area contributed by atoms with Crippen molar-refractivity contribution in [2.24, 2.45) is 5.92 Å². The second-order valence-electron chi connectivity index (χ2n) is 3.65. The SMILES string of the molecule is C=CC.CC.CC.CCC(C)C.CNC(C)C. The Balaban J connectivity index is -0.0000000377. The molecule has 1 heteroatoms. The summed E-state index contributed by atoms with van der Waals surface area (Å²) in [7, 11) is 1.95. The molecule has 0 aliphatic heterocycles. The third-order valence-corrected chi connectivity index (χ3v) is 1.39. The lowest BCUT2D eigenvalue weighted by Gasteiger charge is -1.95. The Kier molecular flexibility index (Phi) is 79.3. The summed E-state index contributed by atoms with van der Waals surface area (Å²) in [4.78, 5) is 0. The molecule has 0 radical (unpaired) electrons. The maximum Gasteiger partial charge on any atom is 0.000733 e. The van der Waals surface area contributed by atoms with E-state index in [2.05, 4.69) is 46.5 Å². The maximum absolute atomic E-state index is 3.36. The van der Waals surface area contributed by atoms with Gasteiger partial charge in [-0.25, -0.2) is 0 Å². The average molecular weight is 248 g/mol. The van der Waals surface area contributed by atoms with E-state index in [0.717, 1.165) is 5.92 Å². The first-order valence-electron chi connectivity index (χ1n) is 7.20. The molecule has 110 valence electrons. The number of allylic oxidation sites excluding steroid dienone is 1. The van der Waals surface area contributed by atoms with Gasteiger partial charge in [-0.1, -0.05) is 74.8 Å². The molecule has 0 spiro atoms. The summed E-state index contributed by atoms with van der Waals surface area (Å²) >= 11 is 0. The number of rotatable bonds is 2. The molecular weight excluding hydrogens is 206 g/mol. The summed E-state index contributed by atoms with van der Waals surface area (Å²) in [5, 5.41) is 3.03. The van der Waals surface area contributed by atoms with Crippen LogP contribution in [0.25, 0.3) is 0 Å². The van der Waals surface area contributed by atoms with Crippen molar-refractivity contribution in [3.8, 4) is 0 Å². The van der Waals surface area contributed by atoms with Crippen molar-refractivity contribution in [1.29, 1.82) is 0 Å². The quantitative estimate of drug-likeness (QED) is 0.598. The van der Waals surface area contributed by atoms with E-state index < -0.39 is 0 Å². The highest BCUT2D eigenvalue weighted by atomic mass is 14.8. The Labute approximate surface area is 113 Å². The van der Waals surface area contributed by atoms with Crippen LogP contribution in [0.5, 0.6) is 0 Å². The summed E-state index contributed by atoms with van der Waals surface area (Å²) in [5.41, 5.74) is 0. The van der Waals surface area contributed by atoms with Gasteiger partial charge in [0.2, 0.25) is 0 Å². The van der Waals surface area contributed by atoms with Gasteiger partial charge in [0.1, 0.15) is 0 Å². The third-order valence-electron chi connectivity index (χ3n) is 1.39. The molecule has 0 unspecified atom stereocenters. The number of nitrogens with one attached hydrogen (secondary N) is 1. The molecule has 0 fully saturated rings. The summed E-state index contributed by atoms with van der Waals surface area (Å²) in [6.45, 7) is 24.1. The van der Waals surface area contributed by atoms with Crippen LogP contribution in [0.1, 0.15) is 75.7 Å². The highest BCUT2D eigenvalue weighted by molar-refractivity contribution is 4.51. The van der Waals surface area contributed by atoms with Gasteiger partial charge in [-0.05, 0) is 19.9 Å². The van der Waals surface area contributed by atoms with E-state index in [-0.39, 0.29) is 0 Å². The van der Waals surface area contributed by atoms with E-state index in [0.29, 0.717) is 6.04 Å². The molecule has 0 amide bonds. The van der Waals surface area contributed by atoms with Crippen LogP contribution in [0, 0.1) is 5.92 Å². The summed E-state index contributed by atoms with van der Waals surface area (Å²) < 4.78 is 0. The smallest absolute Gasteiger partial charge is 0.000733 e. The molecule has 0 heterocycles. The summed E-state index contributed by atoms with van der Waals surface area (Å²) in [6, 6.07) is 0.634. The fourth-order valence-electron chi connectivity index (χ4n) is 0. The van der Waals surface area contributed by atoms with E-state index in [1.165, 1.54) is 6.42 Å². The van der Waals surface area contributed by atoms with Crippen molar-refractivity contribution in [2.45, 2.75) is 81.7 Å². The van der Waals surface area contributed by atoms with Crippen LogP contribution in [0.2, 0.25) is 0 Å². The lowest BCUT2D eigenvalue weighted by molar-refractivity contribution is 0.626. The average Bonchev–Trinajstić information content (AvgIpc) is 2.35. The lowest BCUT2D eigenvalue weighted by Crippen LogP contribution is -2.15. The van der Waals surface area contributed by atoms with E-state index in [1.807, 2.05) is 41.7 Å². The molecule has 17 heavy (non-hydrogen) atoms. The normalized spacial score (nSPS) is 7.12. The van der Waals surface area contributed by atoms with Gasteiger partial charge in [-0.15, -0.1) is 6.58 Å². The molecule has 1 N–H and O–H groups in total. The third kappa shape index (κ3) is 215. The molecule has 0 aliphatic carbocycles. The number of hydrogen-bond donors (Lipinski definition) is 1. The van der Waals surface area contributed by atoms with Crippen LogP contribution >= 0.6 is 0 Å². The maximum atomic E-state index is 3.36. The van der Waals surface area contributed by atoms with Gasteiger partial charge in [0, 0.05) is 6.04 Å². The minimum absolute atomic E-state index is 0.634. The molecular formula is C16H41N. The summed E-state index contributed by atoms with van der Waals surface area (Å²) in [6.07, 6.45) is 3.06. The van der Waals surface area contributed by atoms with E-state index in [1.54, 1.807) is 6.08 Å². The highest BCUT2D eigenvalue weighted by Gasteiger charge is 1.80. The summed E-state index contributed by atoms with van der Waals surface area (Å²) in [5.74, 6) is 0.884. The molecule has 0 bridgehead atoms. The van der Waals surface area contributed by atoms with Crippen LogP contribution < -0.4 is 5.32 Å². The van der Waals surface area contributed by atoms with Crippen LogP contribution in [0.3, 0.4) is 0 Å². The van der Waals surface area contributed by atoms with Crippen LogP contribution in [0.15, 0.2) is 12.7 Å². The van der Waals surface area contributed by atoms with Gasteiger partial charge < -0.3 is 5.32 Å². The standard InChI is InChI=1S/C5H12.C4H11N.C3H6.2C2H6/c1-4-5(2)3;1-4(2)5-3;1-3-2;2*1-2/h5H,4H2,1-3H3;4-5H,1-3H3;3H,1H2,2H3;2*1-2H3. The largest absolute Gasteiger partial charge is 0.318 e. The Morgan fingerprint density at radius 3 is 1.12 bits per heavy atom. The number of hydrogen-bond acceptors (Lipinski definition) is 1. The molecule has 0 aromatic carbocycles. The lowest BCUT2D eigenvalue weighted by atomic mass is 10.2. The van der Waals surface area contributed by atoms with E-state index >= 15 is 0 Å². The van der Waals surface area contributed by atoms with Crippen molar-refractivity contribution in [2.75, 3.05) is 7.05 Å². The van der Waals surface area contributed by atoms with Gasteiger partial charge in [0.15, 0.2) is 0 Å². The van der Waals surface area contributed by atoms with Crippen molar-refractivity contribution >= 4 is 0 Å². The first kappa shape index (κ1) is 30.1. The van der Waals surface area contributed by atoms with Gasteiger partial charge in [0.25, 0.3) is 0 Å². The van der Waals surface area contributed by atoms with Gasteiger partial charge in [-0.2, -0.15) is 0 Å². The Bertz CT molecular complexity index is 67.6. The first-order chi connectivity index (χ1) is 7.95. The van der Waals surface area contributed by atoms with Gasteiger partial charge in [0.05, 0.1) is 0 Å². The van der Waals surface area contributed by atoms with E-state index in [4.69, 9.17) is 0 Å². The van der Waals surface area contributed by atoms with Crippen LogP contribution in [-0.4, -0.2) is 13.1 Å². The molecule has 0 aromatic heterocycles. The van der Waals surface area contributed by atoms with E-state index in [9.17, 15) is 0 Å². The van der Waals surface area contributed by atoms with Crippen LogP contribution in [-0.2, 0) is 0 Å². The predicted octanol–water partition coefficient (Wildman–Crippen LogP) is 5.91. The second kappa shape index (κ2) is 44.8. The van der Waals surface area contributed by atoms with Crippen molar-refractivity contribution in [3.63, 3.8) is 0 Å². The molecule has 0 rings (SSSR count).